The van der Waals surface area contributed by atoms with Crippen molar-refractivity contribution in [3.05, 3.63) is 11.7 Å². The first-order valence-electron chi connectivity index (χ1n) is 5.68. The molecule has 0 aliphatic heterocycles. The van der Waals surface area contributed by atoms with Crippen LogP contribution in [0.3, 0.4) is 0 Å². The van der Waals surface area contributed by atoms with Crippen molar-refractivity contribution in [2.45, 2.75) is 38.5 Å². The van der Waals surface area contributed by atoms with Crippen molar-refractivity contribution in [3.63, 3.8) is 0 Å². The fourth-order valence-electron chi connectivity index (χ4n) is 1.31. The zero-order chi connectivity index (χ0) is 13.4. The molecule has 0 bridgehead atoms. The normalized spacial score (nSPS) is 12.6. The number of rotatable bonds is 8. The Labute approximate surface area is 104 Å². The average Bonchev–Trinajstić information content (AvgIpc) is 2.80. The molecule has 0 saturated carbocycles. The molecule has 1 aromatic rings. The highest BCUT2D eigenvalue weighted by atomic mass is 19.3. The molecule has 100 valence electrons. The Morgan fingerprint density at radius 2 is 2.28 bits per heavy atom. The number of halogens is 2. The Balaban J connectivity index is 2.32. The van der Waals surface area contributed by atoms with Gasteiger partial charge in [0.25, 0.3) is 6.43 Å². The minimum atomic E-state index is -2.46. The Morgan fingerprint density at radius 1 is 1.50 bits per heavy atom. The van der Waals surface area contributed by atoms with Gasteiger partial charge in [0.05, 0.1) is 12.7 Å². The van der Waals surface area contributed by atoms with E-state index >= 15 is 0 Å². The topological polar surface area (TPSA) is 71.9 Å². The first kappa shape index (κ1) is 14.5. The molecular weight excluding hydrogens is 244 g/mol. The van der Waals surface area contributed by atoms with Gasteiger partial charge >= 0.3 is 0 Å². The number of nitriles is 1. The predicted octanol–water partition coefficient (Wildman–Crippen LogP) is 2.30. The largest absolute Gasteiger partial charge is 0.375 e. The first-order valence-corrected chi connectivity index (χ1v) is 5.68. The lowest BCUT2D eigenvalue weighted by Gasteiger charge is -2.01. The van der Waals surface area contributed by atoms with Crippen molar-refractivity contribution in [1.29, 1.82) is 5.26 Å². The van der Waals surface area contributed by atoms with Gasteiger partial charge in [-0.1, -0.05) is 12.1 Å². The van der Waals surface area contributed by atoms with E-state index < -0.39 is 13.0 Å². The summed E-state index contributed by atoms with van der Waals surface area (Å²) in [6.07, 6.45) is -1.05. The van der Waals surface area contributed by atoms with Crippen LogP contribution in [0.2, 0.25) is 0 Å². The van der Waals surface area contributed by atoms with Gasteiger partial charge in [0.1, 0.15) is 6.61 Å². The minimum Gasteiger partial charge on any atom is -0.375 e. The van der Waals surface area contributed by atoms with Crippen LogP contribution in [0.1, 0.15) is 37.4 Å². The van der Waals surface area contributed by atoms with Crippen LogP contribution in [0.15, 0.2) is 4.52 Å². The second-order valence-corrected chi connectivity index (χ2v) is 3.86. The molecular formula is C11H15F2N3O2. The SMILES string of the molecule is CC(CCC#N)c1nc(CCOCC(F)F)no1. The predicted molar refractivity (Wildman–Crippen MR) is 58.1 cm³/mol. The van der Waals surface area contributed by atoms with Crippen molar-refractivity contribution < 1.29 is 18.0 Å². The maximum Gasteiger partial charge on any atom is 0.261 e. The van der Waals surface area contributed by atoms with Crippen molar-refractivity contribution >= 4 is 0 Å². The summed E-state index contributed by atoms with van der Waals surface area (Å²) in [5, 5.41) is 12.2. The molecule has 18 heavy (non-hydrogen) atoms. The molecule has 1 atom stereocenters. The maximum atomic E-state index is 11.8. The molecule has 0 aromatic carbocycles. The molecule has 0 amide bonds. The van der Waals surface area contributed by atoms with Gasteiger partial charge in [-0.3, -0.25) is 0 Å². The van der Waals surface area contributed by atoms with Crippen LogP contribution in [-0.2, 0) is 11.2 Å². The molecule has 1 aromatic heterocycles. The molecule has 0 aliphatic rings. The van der Waals surface area contributed by atoms with Crippen molar-refractivity contribution in [1.82, 2.24) is 10.1 Å². The molecule has 1 unspecified atom stereocenters. The van der Waals surface area contributed by atoms with Crippen molar-refractivity contribution in [2.75, 3.05) is 13.2 Å². The second-order valence-electron chi connectivity index (χ2n) is 3.86. The summed E-state index contributed by atoms with van der Waals surface area (Å²) < 4.78 is 33.3. The lowest BCUT2D eigenvalue weighted by Crippen LogP contribution is -2.07. The summed E-state index contributed by atoms with van der Waals surface area (Å²) >= 11 is 0. The Bertz CT molecular complexity index is 390. The van der Waals surface area contributed by atoms with Crippen molar-refractivity contribution in [2.24, 2.45) is 0 Å². The van der Waals surface area contributed by atoms with Gasteiger partial charge in [0, 0.05) is 18.8 Å². The Hall–Kier alpha value is -1.55. The average molecular weight is 259 g/mol. The number of ether oxygens (including phenoxy) is 1. The molecule has 7 heteroatoms. The second kappa shape index (κ2) is 7.71. The van der Waals surface area contributed by atoms with E-state index in [9.17, 15) is 8.78 Å². The molecule has 5 nitrogen and oxygen atoms in total. The van der Waals surface area contributed by atoms with E-state index in [4.69, 9.17) is 14.5 Å². The van der Waals surface area contributed by atoms with Crippen LogP contribution in [0, 0.1) is 11.3 Å². The third kappa shape index (κ3) is 5.19. The number of hydrogen-bond acceptors (Lipinski definition) is 5. The lowest BCUT2D eigenvalue weighted by atomic mass is 10.1. The van der Waals surface area contributed by atoms with Crippen molar-refractivity contribution in [3.8, 4) is 6.07 Å². The number of hydrogen-bond donors (Lipinski definition) is 0. The zero-order valence-corrected chi connectivity index (χ0v) is 10.1. The van der Waals surface area contributed by atoms with Gasteiger partial charge in [-0.05, 0) is 6.42 Å². The summed E-state index contributed by atoms with van der Waals surface area (Å²) in [6.45, 7) is 1.45. The molecule has 0 radical (unpaired) electrons. The molecule has 0 N–H and O–H groups in total. The summed E-state index contributed by atoms with van der Waals surface area (Å²) in [4.78, 5) is 4.13. The van der Waals surface area contributed by atoms with Gasteiger partial charge in [0.15, 0.2) is 5.82 Å². The summed E-state index contributed by atoms with van der Waals surface area (Å²) in [5.41, 5.74) is 0. The summed E-state index contributed by atoms with van der Waals surface area (Å²) in [7, 11) is 0. The van der Waals surface area contributed by atoms with Crippen LogP contribution in [0.4, 0.5) is 8.78 Å². The van der Waals surface area contributed by atoms with E-state index in [0.717, 1.165) is 0 Å². The third-order valence-electron chi connectivity index (χ3n) is 2.31. The van der Waals surface area contributed by atoms with Gasteiger partial charge in [-0.15, -0.1) is 0 Å². The summed E-state index contributed by atoms with van der Waals surface area (Å²) in [5.74, 6) is 0.921. The highest BCUT2D eigenvalue weighted by Crippen LogP contribution is 2.18. The third-order valence-corrected chi connectivity index (χ3v) is 2.31. The highest BCUT2D eigenvalue weighted by Gasteiger charge is 2.14. The fourth-order valence-corrected chi connectivity index (χ4v) is 1.31. The monoisotopic (exact) mass is 259 g/mol. The Kier molecular flexibility index (Phi) is 6.22. The zero-order valence-electron chi connectivity index (χ0n) is 10.1. The van der Waals surface area contributed by atoms with Gasteiger partial charge in [0.2, 0.25) is 5.89 Å². The van der Waals surface area contributed by atoms with Crippen LogP contribution >= 0.6 is 0 Å². The number of aromatic nitrogens is 2. The molecule has 0 fully saturated rings. The van der Waals surface area contributed by atoms with Crippen LogP contribution in [0.5, 0.6) is 0 Å². The van der Waals surface area contributed by atoms with Crippen LogP contribution in [-0.4, -0.2) is 29.8 Å². The lowest BCUT2D eigenvalue weighted by molar-refractivity contribution is 0.0182. The van der Waals surface area contributed by atoms with E-state index in [2.05, 4.69) is 10.1 Å². The van der Waals surface area contributed by atoms with E-state index in [1.807, 2.05) is 13.0 Å². The fraction of sp³-hybridized carbons (Fsp3) is 0.727. The van der Waals surface area contributed by atoms with E-state index in [0.29, 0.717) is 31.0 Å². The van der Waals surface area contributed by atoms with Crippen LogP contribution in [0.25, 0.3) is 0 Å². The minimum absolute atomic E-state index is 0.0212. The van der Waals surface area contributed by atoms with E-state index in [-0.39, 0.29) is 12.5 Å². The number of nitrogens with zero attached hydrogens (tertiary/aromatic N) is 3. The Morgan fingerprint density at radius 3 is 2.94 bits per heavy atom. The van der Waals surface area contributed by atoms with Gasteiger partial charge in [-0.2, -0.15) is 10.2 Å². The van der Waals surface area contributed by atoms with Crippen LogP contribution < -0.4 is 0 Å². The number of alkyl halides is 2. The standard InChI is InChI=1S/C11H15F2N3O2/c1-8(3-2-5-14)11-15-10(16-18-11)4-6-17-7-9(12)13/h8-9H,2-4,6-7H2,1H3. The maximum absolute atomic E-state index is 11.8. The van der Waals surface area contributed by atoms with Gasteiger partial charge < -0.3 is 9.26 Å². The first-order chi connectivity index (χ1) is 8.63. The molecule has 1 heterocycles. The van der Waals surface area contributed by atoms with E-state index in [1.165, 1.54) is 0 Å². The molecule has 0 spiro atoms. The quantitative estimate of drug-likeness (QED) is 0.670. The molecule has 0 saturated heterocycles. The molecule has 1 rings (SSSR count). The van der Waals surface area contributed by atoms with Gasteiger partial charge in [-0.25, -0.2) is 8.78 Å². The van der Waals surface area contributed by atoms with E-state index in [1.54, 1.807) is 0 Å². The summed E-state index contributed by atoms with van der Waals surface area (Å²) in [6, 6.07) is 2.05. The highest BCUT2D eigenvalue weighted by molar-refractivity contribution is 4.93. The molecule has 0 aliphatic carbocycles. The smallest absolute Gasteiger partial charge is 0.261 e.